The van der Waals surface area contributed by atoms with Gasteiger partial charge in [0, 0.05) is 6.54 Å². The van der Waals surface area contributed by atoms with E-state index in [0.29, 0.717) is 30.2 Å². The molecule has 0 bridgehead atoms. The van der Waals surface area contributed by atoms with Gasteiger partial charge in [-0.3, -0.25) is 0 Å². The third-order valence-electron chi connectivity index (χ3n) is 2.20. The Labute approximate surface area is 113 Å². The minimum absolute atomic E-state index is 0. The first-order chi connectivity index (χ1) is 8.22. The third-order valence-corrected chi connectivity index (χ3v) is 2.20. The van der Waals surface area contributed by atoms with Crippen LogP contribution in [0.3, 0.4) is 0 Å². The first kappa shape index (κ1) is 16.5. The van der Waals surface area contributed by atoms with Gasteiger partial charge < -0.3 is 19.5 Å². The highest BCUT2D eigenvalue weighted by atomic mass is 35.5. The number of likely N-dealkylation sites (N-methyl/N-ethyl adjacent to an activating group) is 1. The van der Waals surface area contributed by atoms with E-state index in [1.54, 1.807) is 32.4 Å². The lowest BCUT2D eigenvalue weighted by molar-refractivity contribution is 0.0510. The molecular formula is C12H18ClNO4. The highest BCUT2D eigenvalue weighted by Gasteiger charge is 2.11. The number of esters is 1. The molecule has 0 saturated carbocycles. The maximum atomic E-state index is 11.6. The second kappa shape index (κ2) is 8.60. The van der Waals surface area contributed by atoms with E-state index in [0.717, 1.165) is 0 Å². The molecule has 6 heteroatoms. The van der Waals surface area contributed by atoms with Crippen molar-refractivity contribution in [3.05, 3.63) is 23.8 Å². The molecule has 0 spiro atoms. The van der Waals surface area contributed by atoms with Crippen molar-refractivity contribution < 1.29 is 19.0 Å². The van der Waals surface area contributed by atoms with Gasteiger partial charge in [-0.15, -0.1) is 12.4 Å². The molecule has 0 aliphatic carbocycles. The summed E-state index contributed by atoms with van der Waals surface area (Å²) in [6.07, 6.45) is 0. The Balaban J connectivity index is 0.00000289. The van der Waals surface area contributed by atoms with Crippen molar-refractivity contribution in [1.82, 2.24) is 5.32 Å². The summed E-state index contributed by atoms with van der Waals surface area (Å²) in [5, 5.41) is 2.89. The normalized spacial score (nSPS) is 9.28. The topological polar surface area (TPSA) is 56.8 Å². The van der Waals surface area contributed by atoms with Crippen LogP contribution in [-0.4, -0.2) is 40.4 Å². The van der Waals surface area contributed by atoms with Crippen molar-refractivity contribution in [1.29, 1.82) is 0 Å². The lowest BCUT2D eigenvalue weighted by atomic mass is 10.2. The van der Waals surface area contributed by atoms with Gasteiger partial charge >= 0.3 is 5.97 Å². The van der Waals surface area contributed by atoms with Crippen molar-refractivity contribution in [2.45, 2.75) is 0 Å². The van der Waals surface area contributed by atoms with Crippen LogP contribution in [0.15, 0.2) is 18.2 Å². The number of ether oxygens (including phenoxy) is 3. The SMILES string of the molecule is CNCCOC(=O)c1ccc(OC)c(OC)c1.Cl. The molecule has 0 aromatic heterocycles. The Bertz CT molecular complexity index is 384. The fraction of sp³-hybridized carbons (Fsp3) is 0.417. The molecule has 1 rings (SSSR count). The van der Waals surface area contributed by atoms with E-state index >= 15 is 0 Å². The summed E-state index contributed by atoms with van der Waals surface area (Å²) in [4.78, 5) is 11.6. The molecule has 0 atom stereocenters. The number of nitrogens with one attached hydrogen (secondary N) is 1. The van der Waals surface area contributed by atoms with Crippen molar-refractivity contribution in [2.75, 3.05) is 34.4 Å². The van der Waals surface area contributed by atoms with Gasteiger partial charge in [0.15, 0.2) is 11.5 Å². The molecular weight excluding hydrogens is 258 g/mol. The number of carbonyl (C=O) groups excluding carboxylic acids is 1. The van der Waals surface area contributed by atoms with Crippen LogP contribution in [0.4, 0.5) is 0 Å². The number of rotatable bonds is 6. The molecule has 102 valence electrons. The van der Waals surface area contributed by atoms with Crippen LogP contribution in [0.1, 0.15) is 10.4 Å². The van der Waals surface area contributed by atoms with Gasteiger partial charge in [0.1, 0.15) is 6.61 Å². The maximum absolute atomic E-state index is 11.6. The second-order valence-corrected chi connectivity index (χ2v) is 3.31. The Morgan fingerprint density at radius 3 is 2.44 bits per heavy atom. The molecule has 0 aliphatic heterocycles. The summed E-state index contributed by atoms with van der Waals surface area (Å²) in [7, 11) is 4.86. The van der Waals surface area contributed by atoms with Crippen molar-refractivity contribution >= 4 is 18.4 Å². The smallest absolute Gasteiger partial charge is 0.338 e. The summed E-state index contributed by atoms with van der Waals surface area (Å²) >= 11 is 0. The zero-order valence-electron chi connectivity index (χ0n) is 10.7. The molecule has 0 aliphatic rings. The van der Waals surface area contributed by atoms with Crippen LogP contribution in [-0.2, 0) is 4.74 Å². The Kier molecular flexibility index (Phi) is 7.91. The minimum atomic E-state index is -0.374. The van der Waals surface area contributed by atoms with Crippen molar-refractivity contribution in [3.63, 3.8) is 0 Å². The number of hydrogen-bond acceptors (Lipinski definition) is 5. The number of benzene rings is 1. The van der Waals surface area contributed by atoms with Gasteiger partial charge in [0.2, 0.25) is 0 Å². The number of carbonyl (C=O) groups is 1. The summed E-state index contributed by atoms with van der Waals surface area (Å²) in [5.74, 6) is 0.719. The molecule has 1 N–H and O–H groups in total. The predicted molar refractivity (Wildman–Crippen MR) is 71.0 cm³/mol. The highest BCUT2D eigenvalue weighted by Crippen LogP contribution is 2.27. The Hall–Kier alpha value is -1.46. The summed E-state index contributed by atoms with van der Waals surface area (Å²) < 4.78 is 15.2. The molecule has 0 unspecified atom stereocenters. The van der Waals surface area contributed by atoms with E-state index in [-0.39, 0.29) is 18.4 Å². The van der Waals surface area contributed by atoms with Crippen LogP contribution in [0.5, 0.6) is 11.5 Å². The lowest BCUT2D eigenvalue weighted by Gasteiger charge is -2.09. The van der Waals surface area contributed by atoms with Gasteiger partial charge in [-0.1, -0.05) is 0 Å². The number of hydrogen-bond donors (Lipinski definition) is 1. The average molecular weight is 276 g/mol. The molecule has 18 heavy (non-hydrogen) atoms. The molecule has 0 fully saturated rings. The fourth-order valence-electron chi connectivity index (χ4n) is 1.29. The molecule has 0 radical (unpaired) electrons. The van der Waals surface area contributed by atoms with Gasteiger partial charge in [-0.05, 0) is 25.2 Å². The van der Waals surface area contributed by atoms with E-state index in [9.17, 15) is 4.79 Å². The summed E-state index contributed by atoms with van der Waals surface area (Å²) in [5.41, 5.74) is 0.443. The van der Waals surface area contributed by atoms with Gasteiger partial charge in [-0.2, -0.15) is 0 Å². The summed E-state index contributed by atoms with van der Waals surface area (Å²) in [6, 6.07) is 4.91. The van der Waals surface area contributed by atoms with Crippen LogP contribution in [0.2, 0.25) is 0 Å². The van der Waals surface area contributed by atoms with Crippen LogP contribution >= 0.6 is 12.4 Å². The number of halogens is 1. The predicted octanol–water partition coefficient (Wildman–Crippen LogP) is 1.50. The van der Waals surface area contributed by atoms with Crippen molar-refractivity contribution in [2.24, 2.45) is 0 Å². The Morgan fingerprint density at radius 2 is 1.89 bits per heavy atom. The van der Waals surface area contributed by atoms with E-state index in [4.69, 9.17) is 14.2 Å². The maximum Gasteiger partial charge on any atom is 0.338 e. The highest BCUT2D eigenvalue weighted by molar-refractivity contribution is 5.90. The first-order valence-corrected chi connectivity index (χ1v) is 5.26. The van der Waals surface area contributed by atoms with E-state index in [1.165, 1.54) is 7.11 Å². The van der Waals surface area contributed by atoms with E-state index in [2.05, 4.69) is 5.32 Å². The minimum Gasteiger partial charge on any atom is -0.493 e. The van der Waals surface area contributed by atoms with Gasteiger partial charge in [0.05, 0.1) is 19.8 Å². The second-order valence-electron chi connectivity index (χ2n) is 3.31. The van der Waals surface area contributed by atoms with E-state index < -0.39 is 0 Å². The van der Waals surface area contributed by atoms with Crippen LogP contribution in [0.25, 0.3) is 0 Å². The van der Waals surface area contributed by atoms with Crippen LogP contribution in [0, 0.1) is 0 Å². The standard InChI is InChI=1S/C12H17NO4.ClH/c1-13-6-7-17-12(14)9-4-5-10(15-2)11(8-9)16-3;/h4-5,8,13H,6-7H2,1-3H3;1H. The Morgan fingerprint density at radius 1 is 1.22 bits per heavy atom. The van der Waals surface area contributed by atoms with E-state index in [1.807, 2.05) is 0 Å². The monoisotopic (exact) mass is 275 g/mol. The molecule has 0 heterocycles. The fourth-order valence-corrected chi connectivity index (χ4v) is 1.29. The summed E-state index contributed by atoms with van der Waals surface area (Å²) in [6.45, 7) is 0.961. The van der Waals surface area contributed by atoms with Crippen LogP contribution < -0.4 is 14.8 Å². The zero-order chi connectivity index (χ0) is 12.7. The molecule has 1 aromatic carbocycles. The molecule has 5 nitrogen and oxygen atoms in total. The third kappa shape index (κ3) is 4.43. The largest absolute Gasteiger partial charge is 0.493 e. The lowest BCUT2D eigenvalue weighted by Crippen LogP contribution is -2.17. The average Bonchev–Trinajstić information content (AvgIpc) is 2.38. The molecule has 0 amide bonds. The quantitative estimate of drug-likeness (QED) is 0.630. The molecule has 0 saturated heterocycles. The molecule has 1 aromatic rings. The van der Waals surface area contributed by atoms with Gasteiger partial charge in [-0.25, -0.2) is 4.79 Å². The van der Waals surface area contributed by atoms with Crippen molar-refractivity contribution in [3.8, 4) is 11.5 Å². The van der Waals surface area contributed by atoms with Gasteiger partial charge in [0.25, 0.3) is 0 Å². The first-order valence-electron chi connectivity index (χ1n) is 5.26. The number of methoxy groups -OCH3 is 2. The zero-order valence-corrected chi connectivity index (χ0v) is 11.5.